The second kappa shape index (κ2) is 3.94. The van der Waals surface area contributed by atoms with Crippen LogP contribution in [-0.2, 0) is 0 Å². The summed E-state index contributed by atoms with van der Waals surface area (Å²) in [7, 11) is 0. The smallest absolute Gasteiger partial charge is 0.206 e. The van der Waals surface area contributed by atoms with Crippen LogP contribution in [0.2, 0.25) is 0 Å². The second-order valence-corrected chi connectivity index (χ2v) is 5.14. The summed E-state index contributed by atoms with van der Waals surface area (Å²) in [6, 6.07) is 20.3. The van der Waals surface area contributed by atoms with Crippen LogP contribution in [-0.4, -0.2) is 4.40 Å². The molecular formula is C18H13NO. The van der Waals surface area contributed by atoms with E-state index in [9.17, 15) is 4.79 Å². The zero-order valence-electron chi connectivity index (χ0n) is 11.1. The summed E-state index contributed by atoms with van der Waals surface area (Å²) in [6.07, 6.45) is 0. The lowest BCUT2D eigenvalue weighted by atomic mass is 10.1. The fourth-order valence-electron chi connectivity index (χ4n) is 2.90. The van der Waals surface area contributed by atoms with Gasteiger partial charge in [0.2, 0.25) is 5.43 Å². The molecule has 0 atom stereocenters. The zero-order valence-corrected chi connectivity index (χ0v) is 11.1. The molecule has 0 N–H and O–H groups in total. The molecule has 0 bridgehead atoms. The summed E-state index contributed by atoms with van der Waals surface area (Å²) in [5, 5.41) is 0. The van der Waals surface area contributed by atoms with Gasteiger partial charge in [0.15, 0.2) is 0 Å². The average molecular weight is 259 g/mol. The minimum atomic E-state index is 0.113. The van der Waals surface area contributed by atoms with Crippen molar-refractivity contribution in [3.8, 4) is 11.1 Å². The van der Waals surface area contributed by atoms with Crippen LogP contribution in [0.1, 0.15) is 5.56 Å². The van der Waals surface area contributed by atoms with Crippen molar-refractivity contribution in [2.24, 2.45) is 0 Å². The van der Waals surface area contributed by atoms with Gasteiger partial charge in [-0.2, -0.15) is 0 Å². The Kier molecular flexibility index (Phi) is 2.21. The van der Waals surface area contributed by atoms with E-state index >= 15 is 0 Å². The van der Waals surface area contributed by atoms with Gasteiger partial charge in [-0.25, -0.2) is 0 Å². The number of rotatable bonds is 1. The van der Waals surface area contributed by atoms with Crippen molar-refractivity contribution in [1.29, 1.82) is 0 Å². The molecule has 4 aromatic rings. The maximum Gasteiger partial charge on any atom is 0.206 e. The predicted molar refractivity (Wildman–Crippen MR) is 82.5 cm³/mol. The summed E-state index contributed by atoms with van der Waals surface area (Å²) < 4.78 is 2.05. The highest BCUT2D eigenvalue weighted by atomic mass is 16.1. The van der Waals surface area contributed by atoms with E-state index in [0.717, 1.165) is 33.2 Å². The third-order valence-electron chi connectivity index (χ3n) is 3.84. The topological polar surface area (TPSA) is 21.5 Å². The van der Waals surface area contributed by atoms with Crippen molar-refractivity contribution in [3.05, 3.63) is 76.5 Å². The van der Waals surface area contributed by atoms with E-state index in [1.807, 2.05) is 61.5 Å². The van der Waals surface area contributed by atoms with Crippen molar-refractivity contribution < 1.29 is 0 Å². The molecule has 0 amide bonds. The Morgan fingerprint density at radius 2 is 1.55 bits per heavy atom. The molecule has 0 saturated heterocycles. The van der Waals surface area contributed by atoms with Crippen molar-refractivity contribution in [3.63, 3.8) is 0 Å². The van der Waals surface area contributed by atoms with E-state index in [1.54, 1.807) is 0 Å². The first-order valence-corrected chi connectivity index (χ1v) is 6.68. The molecule has 20 heavy (non-hydrogen) atoms. The number of pyridine rings is 2. The van der Waals surface area contributed by atoms with Crippen LogP contribution in [0.4, 0.5) is 0 Å². The van der Waals surface area contributed by atoms with Crippen molar-refractivity contribution in [2.75, 3.05) is 0 Å². The van der Waals surface area contributed by atoms with Gasteiger partial charge < -0.3 is 4.40 Å². The summed E-state index contributed by atoms with van der Waals surface area (Å²) in [5.74, 6) is 0. The standard InChI is InChI=1S/C18H13NO/c1-12-10-14-8-5-9-15-11-16(13-6-3-2-4-7-13)17(18(12)20)19(14)15/h2-11H,1H3. The molecule has 1 aromatic carbocycles. The van der Waals surface area contributed by atoms with Crippen LogP contribution in [0.3, 0.4) is 0 Å². The van der Waals surface area contributed by atoms with Crippen molar-refractivity contribution in [1.82, 2.24) is 4.40 Å². The molecule has 0 unspecified atom stereocenters. The number of hydrogen-bond acceptors (Lipinski definition) is 1. The molecule has 0 saturated carbocycles. The number of benzene rings is 1. The van der Waals surface area contributed by atoms with E-state index in [2.05, 4.69) is 10.5 Å². The minimum Gasteiger partial charge on any atom is -0.306 e. The molecule has 0 aliphatic rings. The van der Waals surface area contributed by atoms with Crippen LogP contribution in [0.15, 0.2) is 65.5 Å². The zero-order chi connectivity index (χ0) is 13.7. The lowest BCUT2D eigenvalue weighted by molar-refractivity contribution is 1.26. The Bertz CT molecular complexity index is 967. The monoisotopic (exact) mass is 259 g/mol. The van der Waals surface area contributed by atoms with Gasteiger partial charge in [0.05, 0.1) is 0 Å². The molecule has 0 spiro atoms. The number of nitrogens with zero attached hydrogens (tertiary/aromatic N) is 1. The third kappa shape index (κ3) is 1.42. The quantitative estimate of drug-likeness (QED) is 0.508. The molecule has 0 radical (unpaired) electrons. The maximum absolute atomic E-state index is 12.6. The molecule has 3 heterocycles. The molecule has 96 valence electrons. The summed E-state index contributed by atoms with van der Waals surface area (Å²) in [5.41, 5.74) is 5.91. The molecule has 0 aliphatic heterocycles. The van der Waals surface area contributed by atoms with Gasteiger partial charge in [-0.1, -0.05) is 36.4 Å². The molecule has 3 aromatic heterocycles. The average Bonchev–Trinajstić information content (AvgIpc) is 2.87. The Morgan fingerprint density at radius 1 is 0.850 bits per heavy atom. The molecule has 2 heteroatoms. The number of hydrogen-bond donors (Lipinski definition) is 0. The van der Waals surface area contributed by atoms with Gasteiger partial charge >= 0.3 is 0 Å². The Balaban J connectivity index is 2.26. The molecule has 2 nitrogen and oxygen atoms in total. The largest absolute Gasteiger partial charge is 0.306 e. The van der Waals surface area contributed by atoms with Gasteiger partial charge in [0.1, 0.15) is 5.52 Å². The van der Waals surface area contributed by atoms with E-state index in [4.69, 9.17) is 0 Å². The highest BCUT2D eigenvalue weighted by molar-refractivity contribution is 5.90. The minimum absolute atomic E-state index is 0.113. The van der Waals surface area contributed by atoms with Gasteiger partial charge in [0, 0.05) is 22.2 Å². The SMILES string of the molecule is Cc1cc2cccc3cc(-c4ccccc4)c(c1=O)n23. The Labute approximate surface area is 116 Å². The lowest BCUT2D eigenvalue weighted by Gasteiger charge is -2.05. The molecule has 4 rings (SSSR count). The van der Waals surface area contributed by atoms with E-state index < -0.39 is 0 Å². The van der Waals surface area contributed by atoms with E-state index in [1.165, 1.54) is 0 Å². The molecule has 0 fully saturated rings. The third-order valence-corrected chi connectivity index (χ3v) is 3.84. The van der Waals surface area contributed by atoms with Gasteiger partial charge in [-0.15, -0.1) is 0 Å². The van der Waals surface area contributed by atoms with Gasteiger partial charge in [-0.3, -0.25) is 4.79 Å². The fraction of sp³-hybridized carbons (Fsp3) is 0.0556. The summed E-state index contributed by atoms with van der Waals surface area (Å²) in [4.78, 5) is 12.6. The van der Waals surface area contributed by atoms with Crippen LogP contribution in [0.25, 0.3) is 27.7 Å². The van der Waals surface area contributed by atoms with Crippen molar-refractivity contribution in [2.45, 2.75) is 6.92 Å². The first-order valence-electron chi connectivity index (χ1n) is 6.68. The van der Waals surface area contributed by atoms with Crippen LogP contribution in [0.5, 0.6) is 0 Å². The Hall–Kier alpha value is -2.61. The highest BCUT2D eigenvalue weighted by Gasteiger charge is 2.14. The predicted octanol–water partition coefficient (Wildman–Crippen LogP) is 3.87. The molecular weight excluding hydrogens is 246 g/mol. The first-order chi connectivity index (χ1) is 9.75. The lowest BCUT2D eigenvalue weighted by Crippen LogP contribution is -2.09. The number of aromatic nitrogens is 1. The fourth-order valence-corrected chi connectivity index (χ4v) is 2.90. The summed E-state index contributed by atoms with van der Waals surface area (Å²) in [6.45, 7) is 1.88. The van der Waals surface area contributed by atoms with Gasteiger partial charge in [-0.05, 0) is 36.8 Å². The van der Waals surface area contributed by atoms with E-state index in [0.29, 0.717) is 0 Å². The van der Waals surface area contributed by atoms with Crippen LogP contribution in [0, 0.1) is 6.92 Å². The van der Waals surface area contributed by atoms with Gasteiger partial charge in [0.25, 0.3) is 0 Å². The van der Waals surface area contributed by atoms with Crippen LogP contribution < -0.4 is 5.43 Å². The van der Waals surface area contributed by atoms with E-state index in [-0.39, 0.29) is 5.43 Å². The van der Waals surface area contributed by atoms with Crippen LogP contribution >= 0.6 is 0 Å². The summed E-state index contributed by atoms with van der Waals surface area (Å²) >= 11 is 0. The normalized spacial score (nSPS) is 11.4. The highest BCUT2D eigenvalue weighted by Crippen LogP contribution is 2.29. The first kappa shape index (κ1) is 11.2. The molecule has 0 aliphatic carbocycles. The van der Waals surface area contributed by atoms with Crippen molar-refractivity contribution >= 4 is 16.6 Å². The second-order valence-electron chi connectivity index (χ2n) is 5.14. The number of aryl methyl sites for hydroxylation is 1. The Morgan fingerprint density at radius 3 is 2.30 bits per heavy atom. The maximum atomic E-state index is 12.6.